The van der Waals surface area contributed by atoms with Gasteiger partial charge in [-0.25, -0.2) is 0 Å². The first-order valence-electron chi connectivity index (χ1n) is 13.1. The molecule has 3 amide bonds. The minimum atomic E-state index is -4.11. The number of para-hydroxylation sites is 3. The number of rotatable bonds is 13. The van der Waals surface area contributed by atoms with Crippen LogP contribution in [-0.2, 0) is 0 Å². The van der Waals surface area contributed by atoms with E-state index in [0.717, 1.165) is 0 Å². The van der Waals surface area contributed by atoms with Crippen LogP contribution in [0.1, 0.15) is 51.8 Å². The maximum absolute atomic E-state index is 13.0. The lowest BCUT2D eigenvalue weighted by Gasteiger charge is -2.10. The van der Waals surface area contributed by atoms with Gasteiger partial charge in [-0.15, -0.1) is 21.9 Å². The summed E-state index contributed by atoms with van der Waals surface area (Å²) in [6.45, 7) is 10.0. The van der Waals surface area contributed by atoms with Gasteiger partial charge in [0.2, 0.25) is 0 Å². The Kier molecular flexibility index (Phi) is 11.6. The Balaban J connectivity index is 2.03. The molecule has 0 unspecified atom stereocenters. The van der Waals surface area contributed by atoms with E-state index in [1.54, 1.807) is 75.4 Å². The molecule has 13 heteroatoms. The zero-order valence-corrected chi connectivity index (χ0v) is 24.5. The molecule has 0 aliphatic carbocycles. The van der Waals surface area contributed by atoms with E-state index in [4.69, 9.17) is 14.2 Å². The third-order valence-electron chi connectivity index (χ3n) is 5.39. The largest absolute Gasteiger partial charge is 0.518 e. The lowest BCUT2D eigenvalue weighted by Crippen LogP contribution is -2.25. The predicted molar refractivity (Wildman–Crippen MR) is 156 cm³/mol. The Bertz CT molecular complexity index is 1350. The summed E-state index contributed by atoms with van der Waals surface area (Å²) < 4.78 is 28.7. The number of carbonyl (C=O) groups excluding carboxylic acids is 3. The van der Waals surface area contributed by atoms with Gasteiger partial charge >= 0.3 is 8.56 Å². The first kappa shape index (κ1) is 31.4. The molecule has 3 aromatic rings. The van der Waals surface area contributed by atoms with Crippen molar-refractivity contribution in [2.45, 2.75) is 20.8 Å². The summed E-state index contributed by atoms with van der Waals surface area (Å²) in [5.41, 5.74) is 1.61. The Labute approximate surface area is 244 Å². The number of hydrogen-bond acceptors (Lipinski definition) is 9. The van der Waals surface area contributed by atoms with Gasteiger partial charge in [0.15, 0.2) is 0 Å². The van der Waals surface area contributed by atoms with Crippen molar-refractivity contribution >= 4 is 26.3 Å². The highest BCUT2D eigenvalue weighted by atomic mass is 28.4. The maximum Gasteiger partial charge on any atom is 0.518 e. The second-order valence-electron chi connectivity index (χ2n) is 8.19. The summed E-state index contributed by atoms with van der Waals surface area (Å²) in [4.78, 5) is 39.0. The topological polar surface area (TPSA) is 153 Å². The van der Waals surface area contributed by atoms with Crippen molar-refractivity contribution in [1.29, 1.82) is 0 Å². The molecule has 0 aromatic heterocycles. The van der Waals surface area contributed by atoms with Crippen LogP contribution in [-0.4, -0.2) is 46.1 Å². The molecule has 0 aliphatic rings. The van der Waals surface area contributed by atoms with Crippen LogP contribution >= 0.6 is 0 Å². The number of ether oxygens (including phenoxy) is 3. The third kappa shape index (κ3) is 8.17. The van der Waals surface area contributed by atoms with Crippen LogP contribution in [0.4, 0.5) is 0 Å². The molecular weight excluding hydrogens is 556 g/mol. The fourth-order valence-electron chi connectivity index (χ4n) is 3.48. The van der Waals surface area contributed by atoms with Gasteiger partial charge in [0, 0.05) is 0 Å². The maximum atomic E-state index is 13.0. The molecule has 0 aliphatic heterocycles. The summed E-state index contributed by atoms with van der Waals surface area (Å²) in [7, 11) is -4.11. The normalized spacial score (nSPS) is 12.7. The van der Waals surface area contributed by atoms with E-state index >= 15 is 0 Å². The molecule has 42 heavy (non-hydrogen) atoms. The van der Waals surface area contributed by atoms with E-state index in [9.17, 15) is 14.4 Å². The Morgan fingerprint density at radius 2 is 0.881 bits per heavy atom. The van der Waals surface area contributed by atoms with Crippen molar-refractivity contribution in [1.82, 2.24) is 0 Å². The molecule has 12 nitrogen and oxygen atoms in total. The van der Waals surface area contributed by atoms with E-state index in [0.29, 0.717) is 37.1 Å². The molecule has 0 heterocycles. The minimum Gasteiger partial charge on any atom is -0.493 e. The molecular formula is C29H30N6O6Si. The Morgan fingerprint density at radius 3 is 1.14 bits per heavy atom. The molecule has 0 saturated heterocycles. The second-order valence-corrected chi connectivity index (χ2v) is 10.6. The van der Waals surface area contributed by atoms with E-state index in [-0.39, 0.29) is 16.7 Å². The second kappa shape index (κ2) is 15.6. The van der Waals surface area contributed by atoms with E-state index in [1.165, 1.54) is 23.9 Å². The first-order chi connectivity index (χ1) is 20.4. The van der Waals surface area contributed by atoms with Crippen LogP contribution in [0.25, 0.3) is 0 Å². The van der Waals surface area contributed by atoms with Crippen LogP contribution in [0.15, 0.2) is 115 Å². The highest BCUT2D eigenvalue weighted by Crippen LogP contribution is 2.24. The van der Waals surface area contributed by atoms with Gasteiger partial charge in [0.25, 0.3) is 17.7 Å². The highest BCUT2D eigenvalue weighted by molar-refractivity contribution is 6.79. The van der Waals surface area contributed by atoms with Crippen molar-refractivity contribution in [3.63, 3.8) is 0 Å². The standard InChI is InChI=1S/C29H30N6O6Si/c1-5-39-24-18-12-9-15-21(24)27(36)30-33-42(8-4,34-31-28(37)22-16-10-13-19-25(22)40-6-2)35-32-29(38)23-17-11-14-20-26(23)41-7-3/h8-20H,4-7H2,1-3H3. The summed E-state index contributed by atoms with van der Waals surface area (Å²) in [5, 5.41) is 11.4. The Morgan fingerprint density at radius 1 is 0.595 bits per heavy atom. The monoisotopic (exact) mass is 586 g/mol. The molecule has 216 valence electrons. The predicted octanol–water partition coefficient (Wildman–Crippen LogP) is 6.72. The molecule has 0 atom stereocenters. The van der Waals surface area contributed by atoms with Gasteiger partial charge in [-0.1, -0.05) is 36.4 Å². The van der Waals surface area contributed by atoms with Crippen molar-refractivity contribution in [3.8, 4) is 17.2 Å². The van der Waals surface area contributed by atoms with E-state index in [2.05, 4.69) is 36.3 Å². The van der Waals surface area contributed by atoms with Crippen LogP contribution in [0.3, 0.4) is 0 Å². The zero-order valence-electron chi connectivity index (χ0n) is 23.5. The third-order valence-corrected chi connectivity index (χ3v) is 7.12. The molecule has 0 fully saturated rings. The Hall–Kier alpha value is -5.17. The smallest absolute Gasteiger partial charge is 0.493 e. The molecule has 0 bridgehead atoms. The van der Waals surface area contributed by atoms with E-state index in [1.807, 2.05) is 0 Å². The number of benzene rings is 3. The van der Waals surface area contributed by atoms with Gasteiger partial charge in [-0.2, -0.15) is 14.3 Å². The summed E-state index contributed by atoms with van der Waals surface area (Å²) in [6, 6.07) is 19.5. The molecule has 0 spiro atoms. The SMILES string of the molecule is C=C[Si](N=NC(=O)c1ccccc1OCC)(N=NC(=O)c1ccccc1OCC)N=NC(=O)c1ccccc1OCC. The summed E-state index contributed by atoms with van der Waals surface area (Å²) in [6.07, 6.45) is 0. The molecule has 0 N–H and O–H groups in total. The number of hydrogen-bond donors (Lipinski definition) is 0. The van der Waals surface area contributed by atoms with Gasteiger partial charge in [-0.05, 0) is 62.9 Å². The molecule has 3 rings (SSSR count). The van der Waals surface area contributed by atoms with Crippen LogP contribution < -0.4 is 14.2 Å². The minimum absolute atomic E-state index is 0.146. The molecule has 0 radical (unpaired) electrons. The first-order valence-corrected chi connectivity index (χ1v) is 15.0. The summed E-state index contributed by atoms with van der Waals surface area (Å²) >= 11 is 0. The highest BCUT2D eigenvalue weighted by Gasteiger charge is 2.35. The molecule has 0 saturated carbocycles. The van der Waals surface area contributed by atoms with Crippen molar-refractivity contribution < 1.29 is 28.6 Å². The van der Waals surface area contributed by atoms with Gasteiger partial charge in [-0.3, -0.25) is 14.4 Å². The lowest BCUT2D eigenvalue weighted by molar-refractivity contribution is 0.0985. The average molecular weight is 587 g/mol. The average Bonchev–Trinajstić information content (AvgIpc) is 3.02. The van der Waals surface area contributed by atoms with E-state index < -0.39 is 26.3 Å². The van der Waals surface area contributed by atoms with Gasteiger partial charge < -0.3 is 14.2 Å². The van der Waals surface area contributed by atoms with Crippen LogP contribution in [0.2, 0.25) is 0 Å². The fourth-order valence-corrected chi connectivity index (χ4v) is 4.55. The van der Waals surface area contributed by atoms with Crippen molar-refractivity contribution in [2.75, 3.05) is 19.8 Å². The van der Waals surface area contributed by atoms with Crippen LogP contribution in [0, 0.1) is 0 Å². The van der Waals surface area contributed by atoms with Gasteiger partial charge in [0.05, 0.1) is 36.5 Å². The fraction of sp³-hybridized carbons (Fsp3) is 0.207. The zero-order chi connectivity index (χ0) is 30.4. The number of carbonyl (C=O) groups is 3. The van der Waals surface area contributed by atoms with Gasteiger partial charge in [0.1, 0.15) is 17.2 Å². The van der Waals surface area contributed by atoms with Crippen molar-refractivity contribution in [3.05, 3.63) is 102 Å². The van der Waals surface area contributed by atoms with Crippen molar-refractivity contribution in [2.24, 2.45) is 29.7 Å². The molecule has 3 aromatic carbocycles. The number of nitrogens with zero attached hydrogens (tertiary/aromatic N) is 6. The quantitative estimate of drug-likeness (QED) is 0.160. The summed E-state index contributed by atoms with van der Waals surface area (Å²) in [5.74, 6) is -1.35. The van der Waals surface area contributed by atoms with Crippen LogP contribution in [0.5, 0.6) is 17.2 Å². The number of amides is 3. The lowest BCUT2D eigenvalue weighted by atomic mass is 10.2.